The van der Waals surface area contributed by atoms with E-state index in [1.54, 1.807) is 40.7 Å². The molecule has 0 bridgehead atoms. The molecule has 2 aromatic carbocycles. The molecule has 3 aromatic rings. The summed E-state index contributed by atoms with van der Waals surface area (Å²) >= 11 is 0. The molecule has 0 aliphatic heterocycles. The molecule has 160 valence electrons. The molecule has 3 rings (SSSR count). The Balaban J connectivity index is 1.85. The molecule has 8 heteroatoms. The maximum absolute atomic E-state index is 12.8. The van der Waals surface area contributed by atoms with Gasteiger partial charge < -0.3 is 4.74 Å². The molecule has 1 N–H and O–H groups in total. The van der Waals surface area contributed by atoms with Crippen molar-refractivity contribution >= 4 is 10.0 Å². The molecule has 30 heavy (non-hydrogen) atoms. The lowest BCUT2D eigenvalue weighted by Crippen LogP contribution is -2.24. The van der Waals surface area contributed by atoms with Gasteiger partial charge in [0.25, 0.3) is 5.56 Å². The zero-order valence-electron chi connectivity index (χ0n) is 17.8. The average molecular weight is 430 g/mol. The average Bonchev–Trinajstić information content (AvgIpc) is 2.95. The van der Waals surface area contributed by atoms with Crippen molar-refractivity contribution in [1.82, 2.24) is 14.1 Å². The quantitative estimate of drug-likeness (QED) is 0.626. The summed E-state index contributed by atoms with van der Waals surface area (Å²) in [6.45, 7) is 6.03. The lowest BCUT2D eigenvalue weighted by Gasteiger charge is -2.11. The maximum atomic E-state index is 12.8. The molecule has 0 unspecified atom stereocenters. The Hall–Kier alpha value is -2.84. The highest BCUT2D eigenvalue weighted by molar-refractivity contribution is 7.89. The van der Waals surface area contributed by atoms with E-state index in [2.05, 4.69) is 4.72 Å². The van der Waals surface area contributed by atoms with E-state index in [4.69, 9.17) is 4.74 Å². The number of aromatic nitrogens is 2. The van der Waals surface area contributed by atoms with Crippen molar-refractivity contribution in [3.63, 3.8) is 0 Å². The number of nitrogens with one attached hydrogen (secondary N) is 1. The van der Waals surface area contributed by atoms with E-state index in [0.29, 0.717) is 11.4 Å². The van der Waals surface area contributed by atoms with Crippen LogP contribution in [-0.4, -0.2) is 24.9 Å². The smallest absolute Gasteiger partial charge is 0.275 e. The fraction of sp³-hybridized carbons (Fsp3) is 0.318. The molecule has 7 nitrogen and oxygen atoms in total. The minimum Gasteiger partial charge on any atom is -0.497 e. The third kappa shape index (κ3) is 4.20. The second-order valence-electron chi connectivity index (χ2n) is 7.46. The highest BCUT2D eigenvalue weighted by atomic mass is 32.2. The number of methoxy groups -OCH3 is 1. The molecule has 1 aromatic heterocycles. The first-order valence-electron chi connectivity index (χ1n) is 9.67. The summed E-state index contributed by atoms with van der Waals surface area (Å²) in [5.74, 6) is 0.769. The van der Waals surface area contributed by atoms with Gasteiger partial charge in [-0.15, -0.1) is 0 Å². The van der Waals surface area contributed by atoms with E-state index >= 15 is 0 Å². The standard InChI is InChI=1S/C22H27N3O4S/c1-15(2)21-16(3)24(4)25(22(21)26)18-9-11-20(12-10-18)30(27,28)23-14-17-7-6-8-19(13-17)29-5/h6-13,15,23H,14H2,1-5H3. The number of rotatable bonds is 7. The van der Waals surface area contributed by atoms with Crippen molar-refractivity contribution in [2.24, 2.45) is 7.05 Å². The first-order valence-corrected chi connectivity index (χ1v) is 11.2. The number of benzene rings is 2. The molecule has 0 spiro atoms. The second-order valence-corrected chi connectivity index (χ2v) is 9.23. The lowest BCUT2D eigenvalue weighted by atomic mass is 10.0. The van der Waals surface area contributed by atoms with Gasteiger partial charge in [-0.1, -0.05) is 26.0 Å². The summed E-state index contributed by atoms with van der Waals surface area (Å²) in [6, 6.07) is 13.5. The number of nitrogens with zero attached hydrogens (tertiary/aromatic N) is 2. The Kier molecular flexibility index (Phi) is 6.19. The minimum atomic E-state index is -3.70. The van der Waals surface area contributed by atoms with Crippen LogP contribution in [0.25, 0.3) is 5.69 Å². The van der Waals surface area contributed by atoms with Crippen LogP contribution in [-0.2, 0) is 23.6 Å². The summed E-state index contributed by atoms with van der Waals surface area (Å²) in [5.41, 5.74) is 2.98. The zero-order chi connectivity index (χ0) is 22.1. The van der Waals surface area contributed by atoms with Crippen LogP contribution < -0.4 is 15.0 Å². The normalized spacial score (nSPS) is 11.8. The van der Waals surface area contributed by atoms with Crippen LogP contribution >= 0.6 is 0 Å². The van der Waals surface area contributed by atoms with Gasteiger partial charge in [0.05, 0.1) is 17.7 Å². The Bertz CT molecular complexity index is 1210. The van der Waals surface area contributed by atoms with E-state index in [-0.39, 0.29) is 22.9 Å². The summed E-state index contributed by atoms with van der Waals surface area (Å²) in [5, 5.41) is 0. The summed E-state index contributed by atoms with van der Waals surface area (Å²) in [7, 11) is -0.312. The predicted molar refractivity (Wildman–Crippen MR) is 117 cm³/mol. The van der Waals surface area contributed by atoms with E-state index in [1.165, 1.54) is 12.1 Å². The van der Waals surface area contributed by atoms with E-state index in [0.717, 1.165) is 16.8 Å². The number of ether oxygens (including phenoxy) is 1. The first-order chi connectivity index (χ1) is 14.2. The second kappa shape index (κ2) is 8.49. The minimum absolute atomic E-state index is 0.0863. The predicted octanol–water partition coefficient (Wildman–Crippen LogP) is 3.09. The van der Waals surface area contributed by atoms with Crippen molar-refractivity contribution < 1.29 is 13.2 Å². The SMILES string of the molecule is COc1cccc(CNS(=O)(=O)c2ccc(-n3c(=O)c(C(C)C)c(C)n3C)cc2)c1. The van der Waals surface area contributed by atoms with Gasteiger partial charge in [-0.2, -0.15) is 0 Å². The van der Waals surface area contributed by atoms with Gasteiger partial charge >= 0.3 is 0 Å². The first kappa shape index (κ1) is 21.9. The lowest BCUT2D eigenvalue weighted by molar-refractivity contribution is 0.414. The Morgan fingerprint density at radius 1 is 1.10 bits per heavy atom. The van der Waals surface area contributed by atoms with Crippen LogP contribution in [0.3, 0.4) is 0 Å². The van der Waals surface area contributed by atoms with Gasteiger partial charge in [0.15, 0.2) is 0 Å². The Morgan fingerprint density at radius 2 is 1.77 bits per heavy atom. The Morgan fingerprint density at radius 3 is 2.33 bits per heavy atom. The zero-order valence-corrected chi connectivity index (χ0v) is 18.7. The molecule has 0 saturated carbocycles. The molecule has 0 aliphatic carbocycles. The molecule has 0 saturated heterocycles. The van der Waals surface area contributed by atoms with Crippen molar-refractivity contribution in [2.75, 3.05) is 7.11 Å². The monoisotopic (exact) mass is 429 g/mol. The summed E-state index contributed by atoms with van der Waals surface area (Å²) in [4.78, 5) is 13.0. The van der Waals surface area contributed by atoms with Crippen LogP contribution in [0.1, 0.15) is 36.6 Å². The summed E-state index contributed by atoms with van der Waals surface area (Å²) in [6.07, 6.45) is 0. The molecular weight excluding hydrogens is 402 g/mol. The third-order valence-corrected chi connectivity index (χ3v) is 6.58. The topological polar surface area (TPSA) is 82.3 Å². The number of hydrogen-bond acceptors (Lipinski definition) is 4. The van der Waals surface area contributed by atoms with Crippen LogP contribution in [0, 0.1) is 6.92 Å². The number of hydrogen-bond donors (Lipinski definition) is 1. The van der Waals surface area contributed by atoms with Crippen molar-refractivity contribution in [3.8, 4) is 11.4 Å². The maximum Gasteiger partial charge on any atom is 0.275 e. The summed E-state index contributed by atoms with van der Waals surface area (Å²) < 4.78 is 36.5. The van der Waals surface area contributed by atoms with Crippen LogP contribution in [0.15, 0.2) is 58.2 Å². The largest absolute Gasteiger partial charge is 0.497 e. The van der Waals surface area contributed by atoms with Gasteiger partial charge in [-0.05, 0) is 54.8 Å². The fourth-order valence-electron chi connectivity index (χ4n) is 3.50. The van der Waals surface area contributed by atoms with Crippen LogP contribution in [0.5, 0.6) is 5.75 Å². The fourth-order valence-corrected chi connectivity index (χ4v) is 4.51. The molecular formula is C22H27N3O4S. The van der Waals surface area contributed by atoms with Crippen molar-refractivity contribution in [1.29, 1.82) is 0 Å². The Labute approximate surface area is 177 Å². The molecule has 0 amide bonds. The van der Waals surface area contributed by atoms with Crippen LogP contribution in [0.4, 0.5) is 0 Å². The van der Waals surface area contributed by atoms with Gasteiger partial charge in [-0.25, -0.2) is 17.8 Å². The molecule has 0 radical (unpaired) electrons. The van der Waals surface area contributed by atoms with Gasteiger partial charge in [0.1, 0.15) is 5.75 Å². The van der Waals surface area contributed by atoms with Gasteiger partial charge in [0, 0.05) is 24.8 Å². The van der Waals surface area contributed by atoms with Gasteiger partial charge in [-0.3, -0.25) is 9.48 Å². The third-order valence-electron chi connectivity index (χ3n) is 5.17. The van der Waals surface area contributed by atoms with E-state index in [1.807, 2.05) is 40.0 Å². The van der Waals surface area contributed by atoms with E-state index in [9.17, 15) is 13.2 Å². The number of sulfonamides is 1. The molecule has 0 aliphatic rings. The van der Waals surface area contributed by atoms with Crippen LogP contribution in [0.2, 0.25) is 0 Å². The van der Waals surface area contributed by atoms with E-state index < -0.39 is 10.0 Å². The molecule has 0 atom stereocenters. The molecule has 0 fully saturated rings. The highest BCUT2D eigenvalue weighted by Gasteiger charge is 2.19. The van der Waals surface area contributed by atoms with Crippen molar-refractivity contribution in [3.05, 3.63) is 75.7 Å². The van der Waals surface area contributed by atoms with Gasteiger partial charge in [0.2, 0.25) is 10.0 Å². The highest BCUT2D eigenvalue weighted by Crippen LogP contribution is 2.19. The van der Waals surface area contributed by atoms with Crippen molar-refractivity contribution in [2.45, 2.75) is 38.1 Å². The molecule has 1 heterocycles.